The number of aliphatic hydroxyl groups is 1. The zero-order chi connectivity index (χ0) is 9.68. The van der Waals surface area contributed by atoms with Crippen molar-refractivity contribution >= 4 is 17.2 Å². The van der Waals surface area contributed by atoms with Crippen LogP contribution < -0.4 is 5.32 Å². The van der Waals surface area contributed by atoms with Gasteiger partial charge in [0.15, 0.2) is 0 Å². The highest BCUT2D eigenvalue weighted by Crippen LogP contribution is 2.10. The second-order valence-electron chi connectivity index (χ2n) is 2.58. The molecule has 0 radical (unpaired) electrons. The number of carbonyl (C=O) groups is 1. The van der Waals surface area contributed by atoms with Crippen molar-refractivity contribution in [1.82, 2.24) is 10.3 Å². The van der Waals surface area contributed by atoms with E-state index in [2.05, 4.69) is 10.3 Å². The summed E-state index contributed by atoms with van der Waals surface area (Å²) in [6, 6.07) is 0. The minimum Gasteiger partial charge on any atom is -0.396 e. The van der Waals surface area contributed by atoms with Gasteiger partial charge in [-0.3, -0.25) is 4.79 Å². The summed E-state index contributed by atoms with van der Waals surface area (Å²) in [6.07, 6.45) is 2.15. The third kappa shape index (κ3) is 3.12. The van der Waals surface area contributed by atoms with E-state index in [1.165, 1.54) is 11.3 Å². The number of hydrogen-bond acceptors (Lipinski definition) is 4. The zero-order valence-corrected chi connectivity index (χ0v) is 8.23. The van der Waals surface area contributed by atoms with Crippen molar-refractivity contribution in [2.24, 2.45) is 0 Å². The quantitative estimate of drug-likeness (QED) is 0.698. The van der Waals surface area contributed by atoms with Crippen LogP contribution in [0.3, 0.4) is 0 Å². The Labute approximate surface area is 80.6 Å². The molecule has 0 aliphatic rings. The third-order valence-corrected chi connectivity index (χ3v) is 2.38. The van der Waals surface area contributed by atoms with E-state index in [9.17, 15) is 4.79 Å². The van der Waals surface area contributed by atoms with Crippen molar-refractivity contribution in [2.75, 3.05) is 13.2 Å². The molecule has 0 aliphatic heterocycles. The van der Waals surface area contributed by atoms with Crippen LogP contribution >= 0.6 is 11.3 Å². The maximum atomic E-state index is 11.3. The molecule has 1 rings (SSSR count). The molecular weight excluding hydrogens is 188 g/mol. The molecule has 72 valence electrons. The Hall–Kier alpha value is -0.940. The summed E-state index contributed by atoms with van der Waals surface area (Å²) in [4.78, 5) is 15.9. The molecule has 0 saturated carbocycles. The lowest BCUT2D eigenvalue weighted by Gasteiger charge is -1.99. The Morgan fingerprint density at radius 1 is 1.77 bits per heavy atom. The molecule has 0 bridgehead atoms. The number of hydrogen-bond donors (Lipinski definition) is 2. The molecule has 0 unspecified atom stereocenters. The van der Waals surface area contributed by atoms with Gasteiger partial charge in [-0.2, -0.15) is 0 Å². The van der Waals surface area contributed by atoms with Gasteiger partial charge in [0.2, 0.25) is 0 Å². The van der Waals surface area contributed by atoms with Crippen molar-refractivity contribution in [3.63, 3.8) is 0 Å². The molecule has 0 spiro atoms. The predicted molar refractivity (Wildman–Crippen MR) is 50.9 cm³/mol. The van der Waals surface area contributed by atoms with E-state index in [4.69, 9.17) is 5.11 Å². The average Bonchev–Trinajstić information content (AvgIpc) is 2.52. The Morgan fingerprint density at radius 3 is 3.08 bits per heavy atom. The molecule has 1 amide bonds. The predicted octanol–water partition coefficient (Wildman–Crippen LogP) is 0.564. The van der Waals surface area contributed by atoms with Crippen LogP contribution in [0.4, 0.5) is 0 Å². The first-order valence-corrected chi connectivity index (χ1v) is 4.87. The van der Waals surface area contributed by atoms with Gasteiger partial charge in [-0.15, -0.1) is 11.3 Å². The smallest absolute Gasteiger partial charge is 0.263 e. The number of rotatable bonds is 4. The maximum Gasteiger partial charge on any atom is 0.263 e. The minimum atomic E-state index is -0.112. The number of aliphatic hydroxyl groups excluding tert-OH is 1. The number of aryl methyl sites for hydroxylation is 1. The van der Waals surface area contributed by atoms with Gasteiger partial charge in [-0.1, -0.05) is 0 Å². The lowest BCUT2D eigenvalue weighted by atomic mass is 10.4. The summed E-state index contributed by atoms with van der Waals surface area (Å²) in [5, 5.41) is 12.1. The largest absolute Gasteiger partial charge is 0.396 e. The van der Waals surface area contributed by atoms with Gasteiger partial charge in [0.1, 0.15) is 4.88 Å². The molecule has 0 aromatic carbocycles. The lowest BCUT2D eigenvalue weighted by molar-refractivity contribution is 0.0955. The Kier molecular flexibility index (Phi) is 3.85. The fourth-order valence-electron chi connectivity index (χ4n) is 0.834. The molecule has 0 atom stereocenters. The van der Waals surface area contributed by atoms with Crippen LogP contribution in [0.2, 0.25) is 0 Å². The van der Waals surface area contributed by atoms with Crippen LogP contribution in [-0.2, 0) is 0 Å². The van der Waals surface area contributed by atoms with Crippen LogP contribution in [0.25, 0.3) is 0 Å². The minimum absolute atomic E-state index is 0.0992. The normalized spacial score (nSPS) is 10.0. The molecule has 0 aliphatic carbocycles. The standard InChI is InChI=1S/C8H12N2O2S/c1-6-10-5-7(13-6)8(12)9-3-2-4-11/h5,11H,2-4H2,1H3,(H,9,12). The lowest BCUT2D eigenvalue weighted by Crippen LogP contribution is -2.24. The van der Waals surface area contributed by atoms with Crippen LogP contribution in [0.15, 0.2) is 6.20 Å². The molecule has 0 saturated heterocycles. The second kappa shape index (κ2) is 4.94. The summed E-state index contributed by atoms with van der Waals surface area (Å²) in [5.74, 6) is -0.112. The molecule has 13 heavy (non-hydrogen) atoms. The number of nitrogens with zero attached hydrogens (tertiary/aromatic N) is 1. The highest BCUT2D eigenvalue weighted by atomic mass is 32.1. The fourth-order valence-corrected chi connectivity index (χ4v) is 1.53. The van der Waals surface area contributed by atoms with E-state index in [1.54, 1.807) is 6.20 Å². The topological polar surface area (TPSA) is 62.2 Å². The van der Waals surface area contributed by atoms with Crippen molar-refractivity contribution < 1.29 is 9.90 Å². The van der Waals surface area contributed by atoms with Crippen LogP contribution in [0, 0.1) is 6.92 Å². The molecule has 1 heterocycles. The first-order valence-electron chi connectivity index (χ1n) is 4.05. The van der Waals surface area contributed by atoms with Crippen molar-refractivity contribution in [1.29, 1.82) is 0 Å². The zero-order valence-electron chi connectivity index (χ0n) is 7.41. The van der Waals surface area contributed by atoms with Crippen molar-refractivity contribution in [3.8, 4) is 0 Å². The summed E-state index contributed by atoms with van der Waals surface area (Å²) in [6.45, 7) is 2.46. The van der Waals surface area contributed by atoms with Gasteiger partial charge in [0, 0.05) is 13.2 Å². The van der Waals surface area contributed by atoms with Crippen LogP contribution in [0.1, 0.15) is 21.1 Å². The molecular formula is C8H12N2O2S. The van der Waals surface area contributed by atoms with Gasteiger partial charge < -0.3 is 10.4 Å². The second-order valence-corrected chi connectivity index (χ2v) is 3.81. The molecule has 5 heteroatoms. The van der Waals surface area contributed by atoms with E-state index in [-0.39, 0.29) is 12.5 Å². The van der Waals surface area contributed by atoms with Gasteiger partial charge in [0.05, 0.1) is 11.2 Å². The monoisotopic (exact) mass is 200 g/mol. The van der Waals surface area contributed by atoms with E-state index >= 15 is 0 Å². The summed E-state index contributed by atoms with van der Waals surface area (Å²) in [7, 11) is 0. The highest BCUT2D eigenvalue weighted by Gasteiger charge is 2.07. The molecule has 1 aromatic rings. The molecule has 2 N–H and O–H groups in total. The highest BCUT2D eigenvalue weighted by molar-refractivity contribution is 7.13. The number of carbonyl (C=O) groups excluding carboxylic acids is 1. The van der Waals surface area contributed by atoms with E-state index in [0.717, 1.165) is 5.01 Å². The van der Waals surface area contributed by atoms with Crippen molar-refractivity contribution in [3.05, 3.63) is 16.1 Å². The van der Waals surface area contributed by atoms with E-state index in [1.807, 2.05) is 6.92 Å². The molecule has 0 fully saturated rings. The number of aromatic nitrogens is 1. The Bertz CT molecular complexity index is 285. The third-order valence-electron chi connectivity index (χ3n) is 1.47. The summed E-state index contributed by atoms with van der Waals surface area (Å²) < 4.78 is 0. The number of nitrogens with one attached hydrogen (secondary N) is 1. The molecule has 1 aromatic heterocycles. The molecule has 4 nitrogen and oxygen atoms in total. The van der Waals surface area contributed by atoms with Gasteiger partial charge in [-0.05, 0) is 13.3 Å². The number of amides is 1. The fraction of sp³-hybridized carbons (Fsp3) is 0.500. The van der Waals surface area contributed by atoms with Crippen LogP contribution in [0.5, 0.6) is 0 Å². The SMILES string of the molecule is Cc1ncc(C(=O)NCCCO)s1. The van der Waals surface area contributed by atoms with Gasteiger partial charge >= 0.3 is 0 Å². The maximum absolute atomic E-state index is 11.3. The summed E-state index contributed by atoms with van der Waals surface area (Å²) >= 11 is 1.37. The van der Waals surface area contributed by atoms with Crippen LogP contribution in [-0.4, -0.2) is 29.1 Å². The number of thiazole rings is 1. The first-order chi connectivity index (χ1) is 6.24. The van der Waals surface area contributed by atoms with Crippen molar-refractivity contribution in [2.45, 2.75) is 13.3 Å². The summed E-state index contributed by atoms with van der Waals surface area (Å²) in [5.41, 5.74) is 0. The first kappa shape index (κ1) is 10.1. The Morgan fingerprint density at radius 2 is 2.54 bits per heavy atom. The van der Waals surface area contributed by atoms with E-state index in [0.29, 0.717) is 17.8 Å². The van der Waals surface area contributed by atoms with Gasteiger partial charge in [-0.25, -0.2) is 4.98 Å². The average molecular weight is 200 g/mol. The Balaban J connectivity index is 2.40. The van der Waals surface area contributed by atoms with E-state index < -0.39 is 0 Å². The van der Waals surface area contributed by atoms with Gasteiger partial charge in [0.25, 0.3) is 5.91 Å².